The summed E-state index contributed by atoms with van der Waals surface area (Å²) in [5.74, 6) is 0.410. The van der Waals surface area contributed by atoms with E-state index < -0.39 is 22.5 Å². The van der Waals surface area contributed by atoms with Gasteiger partial charge in [0.2, 0.25) is 27.9 Å². The number of ether oxygens (including phenoxy) is 2. The number of benzene rings is 2. The average Bonchev–Trinajstić information content (AvgIpc) is 3.34. The predicted octanol–water partition coefficient (Wildman–Crippen LogP) is 2.65. The second-order valence-electron chi connectivity index (χ2n) is 6.63. The number of fused-ring (bicyclic) bond motifs is 1. The minimum absolute atomic E-state index is 0.0680. The summed E-state index contributed by atoms with van der Waals surface area (Å²) < 4.78 is 36.1. The highest BCUT2D eigenvalue weighted by Crippen LogP contribution is 2.36. The summed E-state index contributed by atoms with van der Waals surface area (Å²) in [6.07, 6.45) is 1.03. The molecule has 11 heteroatoms. The van der Waals surface area contributed by atoms with E-state index in [-0.39, 0.29) is 11.9 Å². The van der Waals surface area contributed by atoms with Crippen molar-refractivity contribution in [2.75, 3.05) is 29.2 Å². The zero-order valence-electron chi connectivity index (χ0n) is 16.2. The van der Waals surface area contributed by atoms with E-state index >= 15 is 0 Å². The second kappa shape index (κ2) is 7.92. The summed E-state index contributed by atoms with van der Waals surface area (Å²) in [6, 6.07) is 12.5. The van der Waals surface area contributed by atoms with Crippen molar-refractivity contribution in [3.63, 3.8) is 0 Å². The lowest BCUT2D eigenvalue weighted by atomic mass is 10.2. The molecular weight excluding hydrogens is 428 g/mol. The summed E-state index contributed by atoms with van der Waals surface area (Å²) in [6.45, 7) is 1.64. The summed E-state index contributed by atoms with van der Waals surface area (Å²) >= 11 is 1.21. The summed E-state index contributed by atoms with van der Waals surface area (Å²) in [5.41, 5.74) is 2.31. The molecule has 3 aromatic rings. The maximum Gasteiger partial charge on any atom is 0.246 e. The van der Waals surface area contributed by atoms with Gasteiger partial charge in [0.05, 0.1) is 11.9 Å². The van der Waals surface area contributed by atoms with Crippen LogP contribution >= 0.6 is 11.3 Å². The van der Waals surface area contributed by atoms with E-state index in [0.29, 0.717) is 22.2 Å². The van der Waals surface area contributed by atoms with E-state index in [9.17, 15) is 13.2 Å². The molecule has 0 saturated heterocycles. The molecule has 0 fully saturated rings. The molecule has 0 aliphatic carbocycles. The van der Waals surface area contributed by atoms with Crippen LogP contribution < -0.4 is 19.1 Å². The molecule has 0 atom stereocenters. The minimum atomic E-state index is -3.72. The van der Waals surface area contributed by atoms with E-state index in [1.165, 1.54) is 17.4 Å². The van der Waals surface area contributed by atoms with Crippen LogP contribution in [0.4, 0.5) is 10.8 Å². The highest BCUT2D eigenvalue weighted by atomic mass is 32.2. The van der Waals surface area contributed by atoms with Gasteiger partial charge < -0.3 is 9.47 Å². The molecule has 4 rings (SSSR count). The predicted molar refractivity (Wildman–Crippen MR) is 113 cm³/mol. The van der Waals surface area contributed by atoms with E-state index in [1.807, 2.05) is 31.2 Å². The molecule has 0 bridgehead atoms. The van der Waals surface area contributed by atoms with Crippen LogP contribution in [0.5, 0.6) is 11.5 Å². The molecule has 0 saturated carbocycles. The monoisotopic (exact) mass is 446 g/mol. The normalized spacial score (nSPS) is 12.6. The molecular formula is C19H18N4O5S2. The zero-order valence-corrected chi connectivity index (χ0v) is 17.8. The molecule has 30 heavy (non-hydrogen) atoms. The highest BCUT2D eigenvalue weighted by molar-refractivity contribution is 7.92. The number of sulfonamides is 1. The van der Waals surface area contributed by atoms with Crippen molar-refractivity contribution in [1.29, 1.82) is 0 Å². The Morgan fingerprint density at radius 2 is 1.87 bits per heavy atom. The van der Waals surface area contributed by atoms with Gasteiger partial charge in [0, 0.05) is 11.6 Å². The Kier molecular flexibility index (Phi) is 5.31. The van der Waals surface area contributed by atoms with Crippen molar-refractivity contribution in [2.24, 2.45) is 0 Å². The lowest BCUT2D eigenvalue weighted by Gasteiger charge is -2.21. The van der Waals surface area contributed by atoms with Gasteiger partial charge in [-0.05, 0) is 19.1 Å². The van der Waals surface area contributed by atoms with Gasteiger partial charge in [-0.3, -0.25) is 14.4 Å². The number of carbonyl (C=O) groups is 1. The van der Waals surface area contributed by atoms with E-state index in [1.54, 1.807) is 12.1 Å². The maximum absolute atomic E-state index is 12.5. The molecule has 0 unspecified atom stereocenters. The Balaban J connectivity index is 1.49. The Morgan fingerprint density at radius 3 is 2.60 bits per heavy atom. The topological polar surface area (TPSA) is 111 Å². The number of carbonyl (C=O) groups excluding carboxylic acids is 1. The van der Waals surface area contributed by atoms with E-state index in [4.69, 9.17) is 9.47 Å². The van der Waals surface area contributed by atoms with Gasteiger partial charge >= 0.3 is 0 Å². The summed E-state index contributed by atoms with van der Waals surface area (Å²) in [7, 11) is -3.72. The van der Waals surface area contributed by atoms with Gasteiger partial charge in [-0.25, -0.2) is 8.42 Å². The van der Waals surface area contributed by atoms with Gasteiger partial charge in [-0.1, -0.05) is 41.2 Å². The molecule has 1 aromatic heterocycles. The number of hydrogen-bond donors (Lipinski definition) is 1. The lowest BCUT2D eigenvalue weighted by Crippen LogP contribution is -2.37. The molecule has 2 heterocycles. The molecule has 1 aliphatic heterocycles. The van der Waals surface area contributed by atoms with Crippen LogP contribution in [0.1, 0.15) is 5.56 Å². The van der Waals surface area contributed by atoms with Crippen LogP contribution in [0.2, 0.25) is 0 Å². The molecule has 0 spiro atoms. The number of amides is 1. The third-order valence-corrected chi connectivity index (χ3v) is 6.33. The number of nitrogens with zero attached hydrogens (tertiary/aromatic N) is 3. The third-order valence-electron chi connectivity index (χ3n) is 4.30. The molecule has 1 aliphatic rings. The molecule has 0 radical (unpaired) electrons. The molecule has 2 aromatic carbocycles. The van der Waals surface area contributed by atoms with Crippen molar-refractivity contribution in [3.05, 3.63) is 48.0 Å². The van der Waals surface area contributed by atoms with Crippen LogP contribution in [0.3, 0.4) is 0 Å². The maximum atomic E-state index is 12.5. The SMILES string of the molecule is Cc1ccc(-c2nnc(NC(=O)CN(c3ccc4c(c3)OCO4)S(C)(=O)=O)s2)cc1. The van der Waals surface area contributed by atoms with Crippen molar-refractivity contribution in [1.82, 2.24) is 10.2 Å². The molecule has 1 amide bonds. The number of aromatic nitrogens is 2. The Labute approximate surface area is 177 Å². The van der Waals surface area contributed by atoms with Crippen LogP contribution in [-0.4, -0.2) is 44.1 Å². The molecule has 1 N–H and O–H groups in total. The number of aryl methyl sites for hydroxylation is 1. The number of hydrogen-bond acceptors (Lipinski definition) is 8. The first-order valence-corrected chi connectivity index (χ1v) is 11.5. The number of rotatable bonds is 6. The first-order chi connectivity index (χ1) is 14.3. The van der Waals surface area contributed by atoms with Gasteiger partial charge in [-0.2, -0.15) is 0 Å². The number of nitrogens with one attached hydrogen (secondary N) is 1. The smallest absolute Gasteiger partial charge is 0.246 e. The van der Waals surface area contributed by atoms with Crippen molar-refractivity contribution in [3.8, 4) is 22.1 Å². The van der Waals surface area contributed by atoms with Crippen LogP contribution in [0.25, 0.3) is 10.6 Å². The summed E-state index contributed by atoms with van der Waals surface area (Å²) in [5, 5.41) is 11.6. The first kappa shape index (κ1) is 20.1. The van der Waals surface area contributed by atoms with Gasteiger partial charge in [0.15, 0.2) is 11.5 Å². The minimum Gasteiger partial charge on any atom is -0.454 e. The van der Waals surface area contributed by atoms with Gasteiger partial charge in [0.25, 0.3) is 0 Å². The average molecular weight is 447 g/mol. The Morgan fingerprint density at radius 1 is 1.13 bits per heavy atom. The lowest BCUT2D eigenvalue weighted by molar-refractivity contribution is -0.114. The Hall–Kier alpha value is -3.18. The van der Waals surface area contributed by atoms with E-state index in [0.717, 1.165) is 21.7 Å². The number of anilines is 2. The van der Waals surface area contributed by atoms with E-state index in [2.05, 4.69) is 15.5 Å². The largest absolute Gasteiger partial charge is 0.454 e. The van der Waals surface area contributed by atoms with Gasteiger partial charge in [0.1, 0.15) is 11.6 Å². The molecule has 156 valence electrons. The van der Waals surface area contributed by atoms with Crippen LogP contribution in [0, 0.1) is 6.92 Å². The fraction of sp³-hybridized carbons (Fsp3) is 0.211. The van der Waals surface area contributed by atoms with Crippen LogP contribution in [-0.2, 0) is 14.8 Å². The fourth-order valence-corrected chi connectivity index (χ4v) is 4.43. The van der Waals surface area contributed by atoms with Crippen molar-refractivity contribution in [2.45, 2.75) is 6.92 Å². The van der Waals surface area contributed by atoms with Crippen LogP contribution in [0.15, 0.2) is 42.5 Å². The standard InChI is InChI=1S/C19H18N4O5S2/c1-12-3-5-13(6-4-12)18-21-22-19(29-18)20-17(24)10-23(30(2,25)26)14-7-8-15-16(9-14)28-11-27-15/h3-9H,10-11H2,1-2H3,(H,20,22,24). The summed E-state index contributed by atoms with van der Waals surface area (Å²) in [4.78, 5) is 12.5. The van der Waals surface area contributed by atoms with Crippen molar-refractivity contribution < 1.29 is 22.7 Å². The highest BCUT2D eigenvalue weighted by Gasteiger charge is 2.24. The second-order valence-corrected chi connectivity index (χ2v) is 9.52. The fourth-order valence-electron chi connectivity index (χ4n) is 2.82. The van der Waals surface area contributed by atoms with Crippen molar-refractivity contribution >= 4 is 38.1 Å². The first-order valence-electron chi connectivity index (χ1n) is 8.87. The third kappa shape index (κ3) is 4.36. The quantitative estimate of drug-likeness (QED) is 0.620. The zero-order chi connectivity index (χ0) is 21.3. The molecule has 9 nitrogen and oxygen atoms in total. The Bertz CT molecular complexity index is 1190. The van der Waals surface area contributed by atoms with Gasteiger partial charge in [-0.15, -0.1) is 10.2 Å².